The first-order valence-electron chi connectivity index (χ1n) is 8.67. The molecule has 0 saturated heterocycles. The number of carbonyl (C=O) groups is 1. The molecule has 0 aromatic heterocycles. The highest BCUT2D eigenvalue weighted by Gasteiger charge is 1.96. The maximum absolute atomic E-state index is 10.7. The van der Waals surface area contributed by atoms with Crippen LogP contribution in [-0.2, 0) is 38.0 Å². The van der Waals surface area contributed by atoms with Gasteiger partial charge in [0.2, 0.25) is 0 Å². The Kier molecular flexibility index (Phi) is 21.1. The summed E-state index contributed by atoms with van der Waals surface area (Å²) in [5.74, 6) is -0.456. The lowest BCUT2D eigenvalue weighted by molar-refractivity contribution is -0.139. The van der Waals surface area contributed by atoms with Gasteiger partial charge in [0.15, 0.2) is 0 Å². The van der Waals surface area contributed by atoms with Crippen LogP contribution in [0.4, 0.5) is 0 Å². The standard InChI is InChI=1S/C17H32O9/c1-2-17(19)26-16-15-25-14-13-24-12-11-23-10-9-22-8-7-21-6-5-20-4-3-18/h2,18H,1,3-16H2. The summed E-state index contributed by atoms with van der Waals surface area (Å²) in [5, 5.41) is 8.51. The summed E-state index contributed by atoms with van der Waals surface area (Å²) in [6.45, 7) is 8.98. The highest BCUT2D eigenvalue weighted by atomic mass is 16.6. The third-order valence-electron chi connectivity index (χ3n) is 2.73. The summed E-state index contributed by atoms with van der Waals surface area (Å²) in [5.41, 5.74) is 0. The molecule has 9 nitrogen and oxygen atoms in total. The van der Waals surface area contributed by atoms with Crippen molar-refractivity contribution in [2.24, 2.45) is 0 Å². The second-order valence-electron chi connectivity index (χ2n) is 4.77. The first-order valence-corrected chi connectivity index (χ1v) is 8.67. The minimum atomic E-state index is -0.456. The van der Waals surface area contributed by atoms with Gasteiger partial charge in [-0.1, -0.05) is 6.58 Å². The first-order chi connectivity index (χ1) is 12.8. The van der Waals surface area contributed by atoms with E-state index in [4.69, 9.17) is 38.3 Å². The summed E-state index contributed by atoms with van der Waals surface area (Å²) >= 11 is 0. The monoisotopic (exact) mass is 380 g/mol. The molecule has 0 saturated carbocycles. The number of rotatable bonds is 21. The maximum Gasteiger partial charge on any atom is 0.330 e. The number of hydrogen-bond acceptors (Lipinski definition) is 9. The van der Waals surface area contributed by atoms with Crippen LogP contribution in [0.15, 0.2) is 12.7 Å². The fourth-order valence-electron chi connectivity index (χ4n) is 1.53. The average molecular weight is 380 g/mol. The van der Waals surface area contributed by atoms with Crippen molar-refractivity contribution < 1.29 is 43.1 Å². The molecule has 0 atom stereocenters. The Morgan fingerprint density at radius 2 is 0.923 bits per heavy atom. The van der Waals surface area contributed by atoms with Gasteiger partial charge < -0.3 is 38.3 Å². The molecule has 0 aliphatic heterocycles. The molecule has 0 fully saturated rings. The van der Waals surface area contributed by atoms with Crippen LogP contribution in [0.1, 0.15) is 0 Å². The number of hydrogen-bond donors (Lipinski definition) is 1. The fourth-order valence-corrected chi connectivity index (χ4v) is 1.53. The predicted octanol–water partition coefficient (Wildman–Crippen LogP) is -0.192. The van der Waals surface area contributed by atoms with Gasteiger partial charge >= 0.3 is 5.97 Å². The van der Waals surface area contributed by atoms with E-state index in [9.17, 15) is 4.79 Å². The molecule has 0 aromatic rings. The first kappa shape index (κ1) is 24.9. The third kappa shape index (κ3) is 21.0. The fraction of sp³-hybridized carbons (Fsp3) is 0.824. The summed E-state index contributed by atoms with van der Waals surface area (Å²) in [6.07, 6.45) is 1.11. The van der Waals surface area contributed by atoms with Crippen LogP contribution in [0.3, 0.4) is 0 Å². The zero-order chi connectivity index (χ0) is 19.1. The van der Waals surface area contributed by atoms with Gasteiger partial charge in [-0.25, -0.2) is 4.79 Å². The molecule has 9 heteroatoms. The van der Waals surface area contributed by atoms with Crippen LogP contribution >= 0.6 is 0 Å². The van der Waals surface area contributed by atoms with E-state index in [-0.39, 0.29) is 13.2 Å². The molecule has 0 aliphatic carbocycles. The molecule has 0 rings (SSSR count). The van der Waals surface area contributed by atoms with Crippen molar-refractivity contribution >= 4 is 5.97 Å². The lowest BCUT2D eigenvalue weighted by Crippen LogP contribution is -2.15. The second kappa shape index (κ2) is 22.0. The number of carbonyl (C=O) groups excluding carboxylic acids is 1. The van der Waals surface area contributed by atoms with Gasteiger partial charge in [-0.15, -0.1) is 0 Å². The number of esters is 1. The zero-order valence-corrected chi connectivity index (χ0v) is 15.4. The molecule has 0 amide bonds. The van der Waals surface area contributed by atoms with Crippen molar-refractivity contribution in [2.45, 2.75) is 0 Å². The van der Waals surface area contributed by atoms with Gasteiger partial charge in [0.25, 0.3) is 0 Å². The smallest absolute Gasteiger partial charge is 0.330 e. The molecular formula is C17H32O9. The Morgan fingerprint density at radius 3 is 1.23 bits per heavy atom. The third-order valence-corrected chi connectivity index (χ3v) is 2.73. The van der Waals surface area contributed by atoms with Crippen LogP contribution in [0.2, 0.25) is 0 Å². The lowest BCUT2D eigenvalue weighted by Gasteiger charge is -2.08. The maximum atomic E-state index is 10.7. The van der Waals surface area contributed by atoms with Crippen molar-refractivity contribution in [2.75, 3.05) is 92.5 Å². The summed E-state index contributed by atoms with van der Waals surface area (Å²) in [6, 6.07) is 0. The van der Waals surface area contributed by atoms with Crippen molar-refractivity contribution in [3.05, 3.63) is 12.7 Å². The normalized spacial score (nSPS) is 10.8. The molecule has 154 valence electrons. The molecule has 0 unspecified atom stereocenters. The highest BCUT2D eigenvalue weighted by Crippen LogP contribution is 1.85. The van der Waals surface area contributed by atoms with E-state index in [2.05, 4.69) is 6.58 Å². The molecule has 0 aliphatic rings. The lowest BCUT2D eigenvalue weighted by atomic mass is 10.6. The van der Waals surface area contributed by atoms with Crippen molar-refractivity contribution in [3.63, 3.8) is 0 Å². The van der Waals surface area contributed by atoms with E-state index >= 15 is 0 Å². The molecule has 0 heterocycles. The summed E-state index contributed by atoms with van der Waals surface area (Å²) < 4.78 is 36.3. The van der Waals surface area contributed by atoms with Crippen LogP contribution in [-0.4, -0.2) is 104 Å². The van der Waals surface area contributed by atoms with E-state index in [1.807, 2.05) is 0 Å². The second-order valence-corrected chi connectivity index (χ2v) is 4.77. The van der Waals surface area contributed by atoms with E-state index < -0.39 is 5.97 Å². The van der Waals surface area contributed by atoms with Gasteiger partial charge in [-0.2, -0.15) is 0 Å². The Morgan fingerprint density at radius 1 is 0.615 bits per heavy atom. The van der Waals surface area contributed by atoms with E-state index in [0.717, 1.165) is 6.08 Å². The zero-order valence-electron chi connectivity index (χ0n) is 15.4. The summed E-state index contributed by atoms with van der Waals surface area (Å²) in [4.78, 5) is 10.7. The van der Waals surface area contributed by atoms with Gasteiger partial charge in [0.05, 0.1) is 85.9 Å². The minimum absolute atomic E-state index is 0.0248. The average Bonchev–Trinajstić information content (AvgIpc) is 2.66. The van der Waals surface area contributed by atoms with Crippen molar-refractivity contribution in [1.82, 2.24) is 0 Å². The molecule has 26 heavy (non-hydrogen) atoms. The van der Waals surface area contributed by atoms with Crippen molar-refractivity contribution in [1.29, 1.82) is 0 Å². The number of ether oxygens (including phenoxy) is 7. The topological polar surface area (TPSA) is 102 Å². The molecule has 1 N–H and O–H groups in total. The SMILES string of the molecule is C=CC(=O)OCCOCCOCCOCCOCCOCCOCCO. The summed E-state index contributed by atoms with van der Waals surface area (Å²) in [7, 11) is 0. The minimum Gasteiger partial charge on any atom is -0.460 e. The van der Waals surface area contributed by atoms with E-state index in [1.54, 1.807) is 0 Å². The van der Waals surface area contributed by atoms with Crippen molar-refractivity contribution in [3.8, 4) is 0 Å². The molecular weight excluding hydrogens is 348 g/mol. The van der Waals surface area contributed by atoms with Crippen LogP contribution in [0, 0.1) is 0 Å². The Bertz CT molecular complexity index is 313. The van der Waals surface area contributed by atoms with Gasteiger partial charge in [0.1, 0.15) is 6.61 Å². The molecule has 0 aromatic carbocycles. The molecule has 0 spiro atoms. The van der Waals surface area contributed by atoms with E-state index in [1.165, 1.54) is 0 Å². The molecule has 0 bridgehead atoms. The Balaban J connectivity index is 3.01. The number of aliphatic hydroxyl groups is 1. The largest absolute Gasteiger partial charge is 0.460 e. The van der Waals surface area contributed by atoms with Crippen LogP contribution < -0.4 is 0 Å². The van der Waals surface area contributed by atoms with Crippen LogP contribution in [0.5, 0.6) is 0 Å². The van der Waals surface area contributed by atoms with Crippen LogP contribution in [0.25, 0.3) is 0 Å². The van der Waals surface area contributed by atoms with Gasteiger partial charge in [-0.05, 0) is 0 Å². The Hall–Kier alpha value is -1.07. The van der Waals surface area contributed by atoms with E-state index in [0.29, 0.717) is 79.3 Å². The predicted molar refractivity (Wildman–Crippen MR) is 93.2 cm³/mol. The highest BCUT2D eigenvalue weighted by molar-refractivity contribution is 5.81. The Labute approximate surface area is 155 Å². The molecule has 0 radical (unpaired) electrons. The van der Waals surface area contributed by atoms with Gasteiger partial charge in [0, 0.05) is 6.08 Å². The quantitative estimate of drug-likeness (QED) is 0.165. The van der Waals surface area contributed by atoms with Gasteiger partial charge in [-0.3, -0.25) is 0 Å². The number of aliphatic hydroxyl groups excluding tert-OH is 1.